The highest BCUT2D eigenvalue weighted by atomic mass is 16.5. The van der Waals surface area contributed by atoms with E-state index in [0.717, 1.165) is 6.42 Å². The van der Waals surface area contributed by atoms with Gasteiger partial charge in [0, 0.05) is 20.6 Å². The van der Waals surface area contributed by atoms with Crippen LogP contribution < -0.4 is 5.48 Å². The zero-order valence-electron chi connectivity index (χ0n) is 14.0. The summed E-state index contributed by atoms with van der Waals surface area (Å²) in [5, 5.41) is 18.7. The fourth-order valence-corrected chi connectivity index (χ4v) is 2.89. The molecule has 8 nitrogen and oxygen atoms in total. The number of carbonyl (C=O) groups is 3. The van der Waals surface area contributed by atoms with Crippen LogP contribution in [-0.4, -0.2) is 70.6 Å². The third-order valence-corrected chi connectivity index (χ3v) is 4.21. The lowest BCUT2D eigenvalue weighted by molar-refractivity contribution is -0.153. The van der Waals surface area contributed by atoms with E-state index in [2.05, 4.69) is 0 Å². The largest absolute Gasteiger partial charge is 0.382 e. The van der Waals surface area contributed by atoms with Gasteiger partial charge in [0.15, 0.2) is 0 Å². The molecule has 3 N–H and O–H groups in total. The maximum absolute atomic E-state index is 12.8. The summed E-state index contributed by atoms with van der Waals surface area (Å²) in [5.74, 6) is -2.54. The van der Waals surface area contributed by atoms with Crippen molar-refractivity contribution in [2.45, 2.75) is 51.2 Å². The lowest BCUT2D eigenvalue weighted by Crippen LogP contribution is -2.51. The summed E-state index contributed by atoms with van der Waals surface area (Å²) in [4.78, 5) is 39.4. The molecule has 1 aliphatic heterocycles. The molecule has 0 saturated carbocycles. The van der Waals surface area contributed by atoms with Gasteiger partial charge >= 0.3 is 0 Å². The first-order chi connectivity index (χ1) is 10.8. The Bertz CT molecular complexity index is 441. The first-order valence-electron chi connectivity index (χ1n) is 7.98. The van der Waals surface area contributed by atoms with E-state index in [1.165, 1.54) is 15.3 Å². The van der Waals surface area contributed by atoms with Crippen LogP contribution in [0.1, 0.15) is 39.0 Å². The highest BCUT2D eigenvalue weighted by molar-refractivity contribution is 5.92. The first-order valence-corrected chi connectivity index (χ1v) is 7.98. The summed E-state index contributed by atoms with van der Waals surface area (Å²) in [7, 11) is 3.26. The topological polar surface area (TPSA) is 110 Å². The second-order valence-electron chi connectivity index (χ2n) is 6.09. The number of nitrogens with one attached hydrogen (secondary N) is 1. The Kier molecular flexibility index (Phi) is 7.44. The van der Waals surface area contributed by atoms with Crippen molar-refractivity contribution in [3.8, 4) is 0 Å². The first kappa shape index (κ1) is 19.4. The van der Waals surface area contributed by atoms with E-state index in [9.17, 15) is 19.5 Å². The van der Waals surface area contributed by atoms with Crippen LogP contribution >= 0.6 is 0 Å². The van der Waals surface area contributed by atoms with Gasteiger partial charge in [0.05, 0.1) is 5.92 Å². The number of likely N-dealkylation sites (N-methyl/N-ethyl adjacent to an activating group) is 1. The Morgan fingerprint density at radius 1 is 1.35 bits per heavy atom. The monoisotopic (exact) mass is 329 g/mol. The highest BCUT2D eigenvalue weighted by Crippen LogP contribution is 2.25. The highest BCUT2D eigenvalue weighted by Gasteiger charge is 2.41. The molecule has 1 aliphatic rings. The van der Waals surface area contributed by atoms with Gasteiger partial charge in [-0.2, -0.15) is 0 Å². The molecule has 0 radical (unpaired) electrons. The third-order valence-electron chi connectivity index (χ3n) is 4.21. The van der Waals surface area contributed by atoms with Crippen LogP contribution in [0.15, 0.2) is 0 Å². The van der Waals surface area contributed by atoms with Crippen LogP contribution in [0.2, 0.25) is 0 Å². The summed E-state index contributed by atoms with van der Waals surface area (Å²) < 4.78 is 0. The summed E-state index contributed by atoms with van der Waals surface area (Å²) >= 11 is 0. The van der Waals surface area contributed by atoms with Gasteiger partial charge in [-0.25, -0.2) is 5.48 Å². The number of aliphatic hydroxyl groups is 1. The number of unbranched alkanes of at least 4 members (excludes halogenated alkanes) is 1. The number of aliphatic hydroxyl groups excluding tert-OH is 1. The maximum Gasteiger partial charge on any atom is 0.272 e. The standard InChI is InChI=1S/C15H27N3O5/c1-4-5-7-10(12(19)13(20)16-23)14(21)18-9-6-8-11(18)15(22)17(2)3/h10-12,19,23H,4-9H2,1-3H3,(H,16,20)/t10-,11?,12+/m1/s1. The minimum atomic E-state index is -1.63. The number of likely N-dealkylation sites (tertiary alicyclic amines) is 1. The van der Waals surface area contributed by atoms with Crippen LogP contribution in [0.25, 0.3) is 0 Å². The SMILES string of the molecule is CCCC[C@@H](C(=O)N1CCCC1C(=O)N(C)C)[C@H](O)C(=O)NO. The Hall–Kier alpha value is -1.67. The van der Waals surface area contributed by atoms with Gasteiger partial charge in [-0.05, 0) is 19.3 Å². The Morgan fingerprint density at radius 2 is 2.00 bits per heavy atom. The molecule has 1 rings (SSSR count). The number of hydrogen-bond donors (Lipinski definition) is 3. The van der Waals surface area contributed by atoms with Crippen molar-refractivity contribution in [3.05, 3.63) is 0 Å². The van der Waals surface area contributed by atoms with Gasteiger partial charge < -0.3 is 14.9 Å². The number of nitrogens with zero attached hydrogens (tertiary/aromatic N) is 2. The average molecular weight is 329 g/mol. The maximum atomic E-state index is 12.8. The van der Waals surface area contributed by atoms with Crippen LogP contribution in [0, 0.1) is 5.92 Å². The number of hydrogen-bond acceptors (Lipinski definition) is 5. The Labute approximate surface area is 136 Å². The quantitative estimate of drug-likeness (QED) is 0.440. The fraction of sp³-hybridized carbons (Fsp3) is 0.800. The van der Waals surface area contributed by atoms with Crippen molar-refractivity contribution >= 4 is 17.7 Å². The summed E-state index contributed by atoms with van der Waals surface area (Å²) in [6, 6.07) is -0.550. The zero-order valence-corrected chi connectivity index (χ0v) is 14.0. The minimum Gasteiger partial charge on any atom is -0.382 e. The smallest absolute Gasteiger partial charge is 0.272 e. The molecule has 1 saturated heterocycles. The van der Waals surface area contributed by atoms with Crippen molar-refractivity contribution < 1.29 is 24.7 Å². The van der Waals surface area contributed by atoms with Gasteiger partial charge in [0.1, 0.15) is 12.1 Å². The van der Waals surface area contributed by atoms with Gasteiger partial charge in [0.25, 0.3) is 5.91 Å². The normalized spacial score (nSPS) is 20.0. The molecule has 132 valence electrons. The molecule has 1 unspecified atom stereocenters. The number of amides is 3. The zero-order chi connectivity index (χ0) is 17.6. The van der Waals surface area contributed by atoms with E-state index in [0.29, 0.717) is 32.2 Å². The lowest BCUT2D eigenvalue weighted by Gasteiger charge is -2.31. The fourth-order valence-electron chi connectivity index (χ4n) is 2.89. The van der Waals surface area contributed by atoms with E-state index in [4.69, 9.17) is 5.21 Å². The van der Waals surface area contributed by atoms with Crippen molar-refractivity contribution in [1.29, 1.82) is 0 Å². The molecule has 0 aliphatic carbocycles. The molecule has 1 fully saturated rings. The predicted octanol–water partition coefficient (Wildman–Crippen LogP) is -0.262. The molecule has 0 aromatic heterocycles. The minimum absolute atomic E-state index is 0.161. The van der Waals surface area contributed by atoms with E-state index in [1.807, 2.05) is 6.92 Å². The number of carbonyl (C=O) groups excluding carboxylic acids is 3. The molecule has 0 aromatic rings. The number of hydroxylamine groups is 1. The molecule has 1 heterocycles. The van der Waals surface area contributed by atoms with Crippen LogP contribution in [0.3, 0.4) is 0 Å². The van der Waals surface area contributed by atoms with E-state index in [1.54, 1.807) is 14.1 Å². The molecule has 0 spiro atoms. The van der Waals surface area contributed by atoms with Gasteiger partial charge in [-0.1, -0.05) is 19.8 Å². The van der Waals surface area contributed by atoms with Gasteiger partial charge in [0.2, 0.25) is 11.8 Å². The van der Waals surface area contributed by atoms with Crippen molar-refractivity contribution in [2.75, 3.05) is 20.6 Å². The summed E-state index contributed by atoms with van der Waals surface area (Å²) in [6.45, 7) is 2.37. The van der Waals surface area contributed by atoms with Crippen molar-refractivity contribution in [2.24, 2.45) is 5.92 Å². The molecule has 8 heteroatoms. The molecule has 3 atom stereocenters. The molecular formula is C15H27N3O5. The van der Waals surface area contributed by atoms with E-state index >= 15 is 0 Å². The molecule has 3 amide bonds. The van der Waals surface area contributed by atoms with Gasteiger partial charge in [-0.3, -0.25) is 19.6 Å². The molecule has 23 heavy (non-hydrogen) atoms. The molecule has 0 bridgehead atoms. The Balaban J connectivity index is 2.94. The number of rotatable bonds is 7. The van der Waals surface area contributed by atoms with Crippen LogP contribution in [0.5, 0.6) is 0 Å². The Morgan fingerprint density at radius 3 is 2.52 bits per heavy atom. The summed E-state index contributed by atoms with van der Waals surface area (Å²) in [5.41, 5.74) is 1.38. The summed E-state index contributed by atoms with van der Waals surface area (Å²) in [6.07, 6.45) is 1.44. The lowest BCUT2D eigenvalue weighted by atomic mass is 9.93. The predicted molar refractivity (Wildman–Crippen MR) is 82.4 cm³/mol. The molecular weight excluding hydrogens is 302 g/mol. The van der Waals surface area contributed by atoms with Crippen molar-refractivity contribution in [1.82, 2.24) is 15.3 Å². The van der Waals surface area contributed by atoms with Crippen LogP contribution in [-0.2, 0) is 14.4 Å². The van der Waals surface area contributed by atoms with E-state index < -0.39 is 29.9 Å². The van der Waals surface area contributed by atoms with Gasteiger partial charge in [-0.15, -0.1) is 0 Å². The third kappa shape index (κ3) is 4.65. The van der Waals surface area contributed by atoms with E-state index in [-0.39, 0.29) is 5.91 Å². The second kappa shape index (κ2) is 8.83. The van der Waals surface area contributed by atoms with Crippen LogP contribution in [0.4, 0.5) is 0 Å². The van der Waals surface area contributed by atoms with Crippen molar-refractivity contribution in [3.63, 3.8) is 0 Å². The second-order valence-corrected chi connectivity index (χ2v) is 6.09. The average Bonchev–Trinajstić information content (AvgIpc) is 3.02. The molecule has 0 aromatic carbocycles.